The van der Waals surface area contributed by atoms with E-state index in [4.69, 9.17) is 5.73 Å². The highest BCUT2D eigenvalue weighted by Crippen LogP contribution is 2.17. The normalized spacial score (nSPS) is 13.0. The Morgan fingerprint density at radius 3 is 2.50 bits per heavy atom. The Bertz CT molecular complexity index is 784. The van der Waals surface area contributed by atoms with Crippen molar-refractivity contribution in [3.63, 3.8) is 0 Å². The molecule has 2 heterocycles. The summed E-state index contributed by atoms with van der Waals surface area (Å²) in [7, 11) is 1.52. The Morgan fingerprint density at radius 2 is 1.95 bits per heavy atom. The molecule has 2 aromatic heterocycles. The molecule has 2 N–H and O–H groups in total. The van der Waals surface area contributed by atoms with Crippen molar-refractivity contribution in [2.45, 2.75) is 52.6 Å². The number of imidazole rings is 1. The SMILES string of the molecule is CCCc1nc2c(c(=O)n(C)c(=O)n2C(C)CC)n1CCN. The minimum Gasteiger partial charge on any atom is -0.329 e. The monoisotopic (exact) mass is 307 g/mol. The molecule has 0 saturated heterocycles. The average Bonchev–Trinajstić information content (AvgIpc) is 2.84. The number of rotatable bonds is 6. The third-order valence-corrected chi connectivity index (χ3v) is 4.11. The second-order valence-electron chi connectivity index (χ2n) is 5.66. The lowest BCUT2D eigenvalue weighted by molar-refractivity contribution is 0.499. The summed E-state index contributed by atoms with van der Waals surface area (Å²) in [4.78, 5) is 29.7. The van der Waals surface area contributed by atoms with Crippen molar-refractivity contribution in [1.82, 2.24) is 18.7 Å². The molecule has 1 atom stereocenters. The molecule has 0 aliphatic rings. The van der Waals surface area contributed by atoms with Gasteiger partial charge in [0.05, 0.1) is 0 Å². The van der Waals surface area contributed by atoms with Crippen molar-refractivity contribution in [2.75, 3.05) is 6.54 Å². The molecule has 0 radical (unpaired) electrons. The number of hydrogen-bond donors (Lipinski definition) is 1. The van der Waals surface area contributed by atoms with Gasteiger partial charge in [0, 0.05) is 32.6 Å². The Kier molecular flexibility index (Phi) is 4.85. The van der Waals surface area contributed by atoms with Gasteiger partial charge in [-0.3, -0.25) is 13.9 Å². The quantitative estimate of drug-likeness (QED) is 0.854. The van der Waals surface area contributed by atoms with Gasteiger partial charge in [-0.1, -0.05) is 13.8 Å². The second kappa shape index (κ2) is 6.48. The van der Waals surface area contributed by atoms with Crippen LogP contribution in [0.5, 0.6) is 0 Å². The van der Waals surface area contributed by atoms with E-state index in [0.717, 1.165) is 25.1 Å². The molecular formula is C15H25N5O2. The molecule has 1 unspecified atom stereocenters. The number of nitrogens with zero attached hydrogens (tertiary/aromatic N) is 4. The minimum atomic E-state index is -0.313. The van der Waals surface area contributed by atoms with Crippen LogP contribution in [-0.4, -0.2) is 25.2 Å². The van der Waals surface area contributed by atoms with E-state index in [1.165, 1.54) is 11.6 Å². The van der Waals surface area contributed by atoms with Crippen LogP contribution in [0.15, 0.2) is 9.59 Å². The predicted molar refractivity (Wildman–Crippen MR) is 87.3 cm³/mol. The lowest BCUT2D eigenvalue weighted by Gasteiger charge is -2.15. The van der Waals surface area contributed by atoms with Crippen LogP contribution in [0.3, 0.4) is 0 Å². The fraction of sp³-hybridized carbons (Fsp3) is 0.667. The van der Waals surface area contributed by atoms with Gasteiger partial charge in [-0.05, 0) is 19.8 Å². The van der Waals surface area contributed by atoms with Crippen LogP contribution < -0.4 is 17.0 Å². The van der Waals surface area contributed by atoms with Gasteiger partial charge in [0.25, 0.3) is 5.56 Å². The van der Waals surface area contributed by atoms with E-state index >= 15 is 0 Å². The Hall–Kier alpha value is -1.89. The standard InChI is InChI=1S/C15H25N5O2/c1-5-7-11-17-13-12(19(11)9-8-16)14(21)18(4)15(22)20(13)10(3)6-2/h10H,5-9,16H2,1-4H3. The van der Waals surface area contributed by atoms with Crippen LogP contribution >= 0.6 is 0 Å². The zero-order chi connectivity index (χ0) is 16.4. The molecule has 0 aliphatic carbocycles. The van der Waals surface area contributed by atoms with Crippen LogP contribution in [0.4, 0.5) is 0 Å². The first-order chi connectivity index (χ1) is 10.5. The van der Waals surface area contributed by atoms with Gasteiger partial charge >= 0.3 is 5.69 Å². The molecular weight excluding hydrogens is 282 g/mol. The third kappa shape index (κ3) is 2.49. The summed E-state index contributed by atoms with van der Waals surface area (Å²) in [5.74, 6) is 0.822. The minimum absolute atomic E-state index is 0.0162. The van der Waals surface area contributed by atoms with Crippen LogP contribution in [0, 0.1) is 0 Å². The summed E-state index contributed by atoms with van der Waals surface area (Å²) >= 11 is 0. The van der Waals surface area contributed by atoms with Gasteiger partial charge in [0.2, 0.25) is 0 Å². The molecule has 22 heavy (non-hydrogen) atoms. The summed E-state index contributed by atoms with van der Waals surface area (Å²) in [5.41, 5.74) is 6.04. The van der Waals surface area contributed by atoms with E-state index in [1.807, 2.05) is 18.4 Å². The van der Waals surface area contributed by atoms with E-state index in [1.54, 1.807) is 4.57 Å². The third-order valence-electron chi connectivity index (χ3n) is 4.11. The maximum atomic E-state index is 12.6. The van der Waals surface area contributed by atoms with Crippen molar-refractivity contribution < 1.29 is 0 Å². The largest absolute Gasteiger partial charge is 0.332 e. The van der Waals surface area contributed by atoms with E-state index in [9.17, 15) is 9.59 Å². The van der Waals surface area contributed by atoms with E-state index in [-0.39, 0.29) is 17.3 Å². The van der Waals surface area contributed by atoms with Crippen LogP contribution in [0.25, 0.3) is 11.2 Å². The summed E-state index contributed by atoms with van der Waals surface area (Å²) in [5, 5.41) is 0. The smallest absolute Gasteiger partial charge is 0.329 e. The lowest BCUT2D eigenvalue weighted by atomic mass is 10.2. The Morgan fingerprint density at radius 1 is 1.27 bits per heavy atom. The Labute approximate surface area is 129 Å². The molecule has 0 fully saturated rings. The van der Waals surface area contributed by atoms with Crippen molar-refractivity contribution in [3.8, 4) is 0 Å². The van der Waals surface area contributed by atoms with Gasteiger partial charge in [0.1, 0.15) is 5.82 Å². The van der Waals surface area contributed by atoms with Crippen molar-refractivity contribution in [2.24, 2.45) is 12.8 Å². The number of nitrogens with two attached hydrogens (primary N) is 1. The molecule has 0 aromatic carbocycles. The van der Waals surface area contributed by atoms with Crippen molar-refractivity contribution >= 4 is 11.2 Å². The topological polar surface area (TPSA) is 87.8 Å². The first kappa shape index (κ1) is 16.5. The molecule has 0 saturated carbocycles. The van der Waals surface area contributed by atoms with Crippen molar-refractivity contribution in [3.05, 3.63) is 26.7 Å². The highest BCUT2D eigenvalue weighted by molar-refractivity contribution is 5.71. The first-order valence-corrected chi connectivity index (χ1v) is 7.88. The van der Waals surface area contributed by atoms with E-state index in [2.05, 4.69) is 11.9 Å². The maximum Gasteiger partial charge on any atom is 0.332 e. The average molecular weight is 307 g/mol. The molecule has 0 spiro atoms. The van der Waals surface area contributed by atoms with Gasteiger partial charge in [-0.25, -0.2) is 9.78 Å². The van der Waals surface area contributed by atoms with Crippen molar-refractivity contribution in [1.29, 1.82) is 0 Å². The van der Waals surface area contributed by atoms with Gasteiger partial charge < -0.3 is 10.3 Å². The maximum absolute atomic E-state index is 12.6. The van der Waals surface area contributed by atoms with Gasteiger partial charge in [0.15, 0.2) is 11.2 Å². The number of fused-ring (bicyclic) bond motifs is 1. The van der Waals surface area contributed by atoms with E-state index < -0.39 is 0 Å². The zero-order valence-corrected chi connectivity index (χ0v) is 13.8. The second-order valence-corrected chi connectivity index (χ2v) is 5.66. The highest BCUT2D eigenvalue weighted by Gasteiger charge is 2.21. The van der Waals surface area contributed by atoms with Crippen LogP contribution in [-0.2, 0) is 20.0 Å². The fourth-order valence-electron chi connectivity index (χ4n) is 2.73. The molecule has 7 nitrogen and oxygen atoms in total. The zero-order valence-electron chi connectivity index (χ0n) is 13.8. The van der Waals surface area contributed by atoms with Crippen LogP contribution in [0.2, 0.25) is 0 Å². The molecule has 0 amide bonds. The predicted octanol–water partition coefficient (Wildman–Crippen LogP) is 0.779. The number of hydrogen-bond acceptors (Lipinski definition) is 4. The fourth-order valence-corrected chi connectivity index (χ4v) is 2.73. The Balaban J connectivity index is 2.95. The summed E-state index contributed by atoms with van der Waals surface area (Å²) in [6, 6.07) is -0.0162. The number of aromatic nitrogens is 4. The van der Waals surface area contributed by atoms with Gasteiger partial charge in [-0.15, -0.1) is 0 Å². The molecule has 7 heteroatoms. The van der Waals surface area contributed by atoms with Crippen LogP contribution in [0.1, 0.15) is 45.5 Å². The summed E-state index contributed by atoms with van der Waals surface area (Å²) < 4.78 is 4.67. The van der Waals surface area contributed by atoms with E-state index in [0.29, 0.717) is 24.3 Å². The molecule has 2 rings (SSSR count). The molecule has 0 bridgehead atoms. The first-order valence-electron chi connectivity index (χ1n) is 7.88. The molecule has 0 aliphatic heterocycles. The van der Waals surface area contributed by atoms with Gasteiger partial charge in [-0.2, -0.15) is 0 Å². The summed E-state index contributed by atoms with van der Waals surface area (Å²) in [6.07, 6.45) is 2.47. The summed E-state index contributed by atoms with van der Waals surface area (Å²) in [6.45, 7) is 6.99. The highest BCUT2D eigenvalue weighted by atomic mass is 16.2. The lowest BCUT2D eigenvalue weighted by Crippen LogP contribution is -2.40. The molecule has 122 valence electrons. The number of aryl methyl sites for hydroxylation is 1. The molecule has 2 aromatic rings.